The molecule has 2 aliphatic heterocycles. The average molecular weight is 336 g/mol. The molecule has 2 N–H and O–H groups in total. The number of aliphatic hydroxyl groups is 2. The van der Waals surface area contributed by atoms with Crippen LogP contribution in [0.4, 0.5) is 0 Å². The van der Waals surface area contributed by atoms with E-state index >= 15 is 0 Å². The maximum absolute atomic E-state index is 12.1. The second kappa shape index (κ2) is 5.39. The summed E-state index contributed by atoms with van der Waals surface area (Å²) in [5.41, 5.74) is -0.377. The molecule has 4 nitrogen and oxygen atoms in total. The van der Waals surface area contributed by atoms with E-state index in [1.54, 1.807) is 0 Å². The van der Waals surface area contributed by atoms with Gasteiger partial charge in [0.05, 0.1) is 5.60 Å². The van der Waals surface area contributed by atoms with Gasteiger partial charge in [-0.3, -0.25) is 4.79 Å². The molecule has 1 spiro atoms. The third-order valence-electron chi connectivity index (χ3n) is 7.25. The Hall–Kier alpha value is -0.710. The number of aliphatic hydroxyl groups excluding tert-OH is 1. The minimum absolute atomic E-state index is 0.0112. The number of Topliss-reactive ketones (excluding diaryl/α,β-unsaturated/α-hetero) is 1. The van der Waals surface area contributed by atoms with Crippen molar-refractivity contribution < 1.29 is 19.7 Å². The molecule has 0 aromatic carbocycles. The highest BCUT2D eigenvalue weighted by atomic mass is 16.7. The van der Waals surface area contributed by atoms with E-state index in [0.29, 0.717) is 25.7 Å². The number of hydrogen-bond donors (Lipinski definition) is 2. The maximum Gasteiger partial charge on any atom is 0.198 e. The summed E-state index contributed by atoms with van der Waals surface area (Å²) in [4.78, 5) is 12.1. The fourth-order valence-corrected chi connectivity index (χ4v) is 5.41. The van der Waals surface area contributed by atoms with Crippen molar-refractivity contribution in [1.82, 2.24) is 0 Å². The van der Waals surface area contributed by atoms with Crippen LogP contribution in [0.2, 0.25) is 0 Å². The van der Waals surface area contributed by atoms with Crippen LogP contribution >= 0.6 is 0 Å². The van der Waals surface area contributed by atoms with Gasteiger partial charge in [0.2, 0.25) is 0 Å². The van der Waals surface area contributed by atoms with Gasteiger partial charge >= 0.3 is 0 Å². The second-order valence-electron chi connectivity index (χ2n) is 9.22. The van der Waals surface area contributed by atoms with Crippen molar-refractivity contribution >= 4 is 5.78 Å². The highest BCUT2D eigenvalue weighted by Gasteiger charge is 2.74. The molecule has 2 bridgehead atoms. The van der Waals surface area contributed by atoms with Crippen molar-refractivity contribution in [2.75, 3.05) is 0 Å². The lowest BCUT2D eigenvalue weighted by atomic mass is 9.58. The Bertz CT molecular complexity index is 570. The Morgan fingerprint density at radius 1 is 1.42 bits per heavy atom. The molecule has 3 aliphatic rings. The SMILES string of the molecule is C=C1CCCC2(C)CC(O)C3(O)OC12CC3(C)CCC(=O)C(C)C. The van der Waals surface area contributed by atoms with E-state index in [2.05, 4.69) is 13.5 Å². The molecule has 0 amide bonds. The van der Waals surface area contributed by atoms with Crippen LogP contribution in [0.25, 0.3) is 0 Å². The Balaban J connectivity index is 1.96. The molecule has 2 saturated heterocycles. The monoisotopic (exact) mass is 336 g/mol. The summed E-state index contributed by atoms with van der Waals surface area (Å²) in [6, 6.07) is 0. The van der Waals surface area contributed by atoms with Crippen LogP contribution in [0.5, 0.6) is 0 Å². The summed E-state index contributed by atoms with van der Waals surface area (Å²) in [5.74, 6) is -1.41. The summed E-state index contributed by atoms with van der Waals surface area (Å²) < 4.78 is 6.31. The van der Waals surface area contributed by atoms with Crippen molar-refractivity contribution in [3.63, 3.8) is 0 Å². The van der Waals surface area contributed by atoms with Crippen LogP contribution in [0.1, 0.15) is 72.6 Å². The summed E-state index contributed by atoms with van der Waals surface area (Å²) in [6.45, 7) is 12.2. The fraction of sp³-hybridized carbons (Fsp3) is 0.850. The summed E-state index contributed by atoms with van der Waals surface area (Å²) >= 11 is 0. The van der Waals surface area contributed by atoms with Crippen molar-refractivity contribution in [1.29, 1.82) is 0 Å². The third-order valence-corrected chi connectivity index (χ3v) is 7.25. The fourth-order valence-electron chi connectivity index (χ4n) is 5.41. The zero-order valence-corrected chi connectivity index (χ0v) is 15.5. The molecule has 4 heteroatoms. The Kier molecular flexibility index (Phi) is 4.06. The number of hydrogen-bond acceptors (Lipinski definition) is 4. The predicted octanol–water partition coefficient (Wildman–Crippen LogP) is 3.36. The minimum atomic E-state index is -1.59. The standard InChI is InChI=1S/C20H32O4/c1-13(2)15(21)8-10-18(5)12-19-14(3)7-6-9-17(19,4)11-16(22)20(18,23)24-19/h13,16,22-23H,3,6-12H2,1-2,4-5H3. The van der Waals surface area contributed by atoms with E-state index in [1.807, 2.05) is 20.8 Å². The van der Waals surface area contributed by atoms with Gasteiger partial charge in [-0.05, 0) is 44.1 Å². The Morgan fingerprint density at radius 2 is 2.08 bits per heavy atom. The summed E-state index contributed by atoms with van der Waals surface area (Å²) in [7, 11) is 0. The first kappa shape index (κ1) is 18.1. The molecule has 1 saturated carbocycles. The van der Waals surface area contributed by atoms with Crippen molar-refractivity contribution in [3.8, 4) is 0 Å². The topological polar surface area (TPSA) is 66.8 Å². The van der Waals surface area contributed by atoms with Gasteiger partial charge in [0.15, 0.2) is 5.79 Å². The predicted molar refractivity (Wildman–Crippen MR) is 92.3 cm³/mol. The molecule has 2 heterocycles. The molecule has 3 rings (SSSR count). The van der Waals surface area contributed by atoms with Crippen LogP contribution in [0, 0.1) is 16.7 Å². The highest BCUT2D eigenvalue weighted by Crippen LogP contribution is 2.69. The van der Waals surface area contributed by atoms with Crippen LogP contribution < -0.4 is 0 Å². The van der Waals surface area contributed by atoms with Crippen LogP contribution in [0.15, 0.2) is 12.2 Å². The highest BCUT2D eigenvalue weighted by molar-refractivity contribution is 5.80. The number of carbonyl (C=O) groups excluding carboxylic acids is 1. The first-order valence-corrected chi connectivity index (χ1v) is 9.31. The molecule has 5 atom stereocenters. The van der Waals surface area contributed by atoms with Gasteiger partial charge in [-0.1, -0.05) is 34.3 Å². The van der Waals surface area contributed by atoms with Gasteiger partial charge in [-0.2, -0.15) is 0 Å². The van der Waals surface area contributed by atoms with Crippen LogP contribution in [-0.4, -0.2) is 33.5 Å². The molecule has 24 heavy (non-hydrogen) atoms. The Labute approximate surface area is 145 Å². The van der Waals surface area contributed by atoms with E-state index in [-0.39, 0.29) is 17.1 Å². The molecule has 1 aliphatic carbocycles. The van der Waals surface area contributed by atoms with E-state index in [4.69, 9.17) is 4.74 Å². The van der Waals surface area contributed by atoms with E-state index < -0.39 is 22.9 Å². The number of carbonyl (C=O) groups is 1. The second-order valence-corrected chi connectivity index (χ2v) is 9.22. The molecule has 0 aromatic heterocycles. The van der Waals surface area contributed by atoms with Gasteiger partial charge in [0.25, 0.3) is 0 Å². The number of rotatable bonds is 4. The molecular weight excluding hydrogens is 304 g/mol. The van der Waals surface area contributed by atoms with E-state index in [9.17, 15) is 15.0 Å². The zero-order chi connectivity index (χ0) is 18.0. The van der Waals surface area contributed by atoms with E-state index in [1.165, 1.54) is 0 Å². The van der Waals surface area contributed by atoms with Gasteiger partial charge in [0, 0.05) is 23.2 Å². The maximum atomic E-state index is 12.1. The molecule has 136 valence electrons. The van der Waals surface area contributed by atoms with Crippen LogP contribution in [-0.2, 0) is 9.53 Å². The summed E-state index contributed by atoms with van der Waals surface area (Å²) in [5, 5.41) is 22.1. The van der Waals surface area contributed by atoms with Crippen molar-refractivity contribution in [2.45, 2.75) is 90.1 Å². The zero-order valence-electron chi connectivity index (χ0n) is 15.5. The quantitative estimate of drug-likeness (QED) is 0.773. The number of ketones is 1. The molecular formula is C20H32O4. The van der Waals surface area contributed by atoms with Gasteiger partial charge in [-0.15, -0.1) is 0 Å². The minimum Gasteiger partial charge on any atom is -0.387 e. The van der Waals surface area contributed by atoms with Gasteiger partial charge < -0.3 is 14.9 Å². The Morgan fingerprint density at radius 3 is 2.71 bits per heavy atom. The lowest BCUT2D eigenvalue weighted by Crippen LogP contribution is -2.62. The lowest BCUT2D eigenvalue weighted by Gasteiger charge is -2.56. The summed E-state index contributed by atoms with van der Waals surface area (Å²) in [6.07, 6.45) is 4.10. The molecule has 3 fully saturated rings. The molecule has 0 aromatic rings. The van der Waals surface area contributed by atoms with E-state index in [0.717, 1.165) is 24.8 Å². The smallest absolute Gasteiger partial charge is 0.198 e. The largest absolute Gasteiger partial charge is 0.387 e. The lowest BCUT2D eigenvalue weighted by molar-refractivity contribution is -0.344. The molecule has 0 radical (unpaired) electrons. The van der Waals surface area contributed by atoms with Crippen molar-refractivity contribution in [2.24, 2.45) is 16.7 Å². The molecule has 5 unspecified atom stereocenters. The third kappa shape index (κ3) is 2.19. The van der Waals surface area contributed by atoms with Crippen molar-refractivity contribution in [3.05, 3.63) is 12.2 Å². The average Bonchev–Trinajstić information content (AvgIpc) is 2.71. The first-order chi connectivity index (χ1) is 11.0. The normalized spacial score (nSPS) is 47.8. The number of fused-ring (bicyclic) bond motifs is 1. The first-order valence-electron chi connectivity index (χ1n) is 9.31. The van der Waals surface area contributed by atoms with Gasteiger partial charge in [0.1, 0.15) is 11.9 Å². The number of ether oxygens (including phenoxy) is 1. The van der Waals surface area contributed by atoms with Crippen LogP contribution in [0.3, 0.4) is 0 Å². The van der Waals surface area contributed by atoms with Gasteiger partial charge in [-0.25, -0.2) is 0 Å².